The molecule has 1 aromatic heterocycles. The third kappa shape index (κ3) is 2.86. The lowest BCUT2D eigenvalue weighted by Gasteiger charge is -2.20. The molecule has 1 saturated carbocycles. The molecule has 1 amide bonds. The van der Waals surface area contributed by atoms with Gasteiger partial charge in [-0.1, -0.05) is 30.3 Å². The van der Waals surface area contributed by atoms with Gasteiger partial charge in [0.05, 0.1) is 16.2 Å². The third-order valence-electron chi connectivity index (χ3n) is 6.05. The molecule has 2 aliphatic rings. The van der Waals surface area contributed by atoms with Crippen molar-refractivity contribution < 1.29 is 9.18 Å². The molecule has 1 aliphatic heterocycles. The van der Waals surface area contributed by atoms with Crippen molar-refractivity contribution in [3.63, 3.8) is 0 Å². The second-order valence-electron chi connectivity index (χ2n) is 7.66. The molecule has 5 rings (SSSR count). The standard InChI is InChI=1S/C22H18ClFN4O/c1-2-19(29)28-10-14-9-22(14,11-28)13-6-7-17-15(8-13)21(26-12-25-17)27-18-5-3-4-16(23)20(18)24/h2-8,12,14H,1,9-11H2,(H,25,26,27)/t14?,22-/m1/s1. The molecule has 5 nitrogen and oxygen atoms in total. The average molecular weight is 409 g/mol. The third-order valence-corrected chi connectivity index (χ3v) is 6.34. The van der Waals surface area contributed by atoms with Gasteiger partial charge in [0, 0.05) is 23.9 Å². The molecular weight excluding hydrogens is 391 g/mol. The Morgan fingerprint density at radius 3 is 3.03 bits per heavy atom. The van der Waals surface area contributed by atoms with E-state index in [9.17, 15) is 9.18 Å². The van der Waals surface area contributed by atoms with Crippen molar-refractivity contribution in [2.45, 2.75) is 11.8 Å². The molecule has 1 aliphatic carbocycles. The Kier molecular flexibility index (Phi) is 4.06. The molecule has 7 heteroatoms. The Hall–Kier alpha value is -2.99. The van der Waals surface area contributed by atoms with Crippen molar-refractivity contribution in [3.8, 4) is 0 Å². The summed E-state index contributed by atoms with van der Waals surface area (Å²) in [6, 6.07) is 10.9. The maximum atomic E-state index is 14.3. The summed E-state index contributed by atoms with van der Waals surface area (Å²) in [6.45, 7) is 5.04. The molecule has 1 unspecified atom stereocenters. The maximum absolute atomic E-state index is 14.3. The van der Waals surface area contributed by atoms with E-state index < -0.39 is 5.82 Å². The summed E-state index contributed by atoms with van der Waals surface area (Å²) in [5, 5.41) is 3.90. The number of nitrogens with zero attached hydrogens (tertiary/aromatic N) is 3. The number of hydrogen-bond acceptors (Lipinski definition) is 4. The minimum Gasteiger partial charge on any atom is -0.338 e. The molecule has 146 valence electrons. The number of benzene rings is 2. The first-order valence-electron chi connectivity index (χ1n) is 9.39. The van der Waals surface area contributed by atoms with E-state index in [-0.39, 0.29) is 22.0 Å². The predicted octanol–water partition coefficient (Wildman–Crippen LogP) is 4.45. The van der Waals surface area contributed by atoms with Crippen LogP contribution < -0.4 is 5.32 Å². The maximum Gasteiger partial charge on any atom is 0.245 e. The van der Waals surface area contributed by atoms with E-state index >= 15 is 0 Å². The molecule has 2 heterocycles. The van der Waals surface area contributed by atoms with Crippen LogP contribution >= 0.6 is 11.6 Å². The van der Waals surface area contributed by atoms with Gasteiger partial charge in [0.2, 0.25) is 5.91 Å². The number of nitrogens with one attached hydrogen (secondary N) is 1. The van der Waals surface area contributed by atoms with Crippen molar-refractivity contribution in [1.82, 2.24) is 14.9 Å². The molecule has 1 saturated heterocycles. The van der Waals surface area contributed by atoms with Gasteiger partial charge in [-0.15, -0.1) is 0 Å². The van der Waals surface area contributed by atoms with Gasteiger partial charge in [0.1, 0.15) is 12.1 Å². The molecular formula is C22H18ClFN4O. The quantitative estimate of drug-likeness (QED) is 0.648. The Labute approximate surface area is 172 Å². The van der Waals surface area contributed by atoms with E-state index in [4.69, 9.17) is 11.6 Å². The fourth-order valence-corrected chi connectivity index (χ4v) is 4.60. The van der Waals surface area contributed by atoms with E-state index in [0.29, 0.717) is 18.3 Å². The zero-order valence-electron chi connectivity index (χ0n) is 15.5. The minimum absolute atomic E-state index is 0.0265. The van der Waals surface area contributed by atoms with E-state index in [2.05, 4.69) is 34.0 Å². The molecule has 2 atom stereocenters. The average Bonchev–Trinajstić information content (AvgIpc) is 3.31. The van der Waals surface area contributed by atoms with Gasteiger partial charge in [-0.25, -0.2) is 14.4 Å². The topological polar surface area (TPSA) is 58.1 Å². The van der Waals surface area contributed by atoms with Gasteiger partial charge >= 0.3 is 0 Å². The zero-order chi connectivity index (χ0) is 20.2. The molecule has 2 aromatic carbocycles. The minimum atomic E-state index is -0.521. The summed E-state index contributed by atoms with van der Waals surface area (Å²) in [4.78, 5) is 22.5. The summed E-state index contributed by atoms with van der Waals surface area (Å²) in [7, 11) is 0. The molecule has 0 spiro atoms. The highest BCUT2D eigenvalue weighted by atomic mass is 35.5. The smallest absolute Gasteiger partial charge is 0.245 e. The second kappa shape index (κ2) is 6.52. The van der Waals surface area contributed by atoms with Crippen molar-refractivity contribution in [3.05, 3.63) is 71.8 Å². The first kappa shape index (κ1) is 18.1. The number of piperidine rings is 1. The first-order chi connectivity index (χ1) is 14.0. The number of likely N-dealkylation sites (tertiary alicyclic amines) is 1. The zero-order valence-corrected chi connectivity index (χ0v) is 16.3. The van der Waals surface area contributed by atoms with Gasteiger partial charge in [-0.2, -0.15) is 0 Å². The van der Waals surface area contributed by atoms with Crippen molar-refractivity contribution >= 4 is 39.9 Å². The lowest BCUT2D eigenvalue weighted by Crippen LogP contribution is -2.31. The van der Waals surface area contributed by atoms with Gasteiger partial charge in [0.25, 0.3) is 0 Å². The summed E-state index contributed by atoms with van der Waals surface area (Å²) in [5.41, 5.74) is 2.15. The van der Waals surface area contributed by atoms with Crippen molar-refractivity contribution in [2.75, 3.05) is 18.4 Å². The van der Waals surface area contributed by atoms with E-state index in [1.165, 1.54) is 18.5 Å². The van der Waals surface area contributed by atoms with Gasteiger partial charge in [-0.3, -0.25) is 4.79 Å². The predicted molar refractivity (Wildman–Crippen MR) is 111 cm³/mol. The van der Waals surface area contributed by atoms with Gasteiger partial charge < -0.3 is 10.2 Å². The molecule has 3 aromatic rings. The highest BCUT2D eigenvalue weighted by molar-refractivity contribution is 6.31. The van der Waals surface area contributed by atoms with E-state index in [1.54, 1.807) is 12.1 Å². The highest BCUT2D eigenvalue weighted by Gasteiger charge is 2.61. The summed E-state index contributed by atoms with van der Waals surface area (Å²) < 4.78 is 14.3. The number of rotatable bonds is 4. The lowest BCUT2D eigenvalue weighted by molar-refractivity contribution is -0.125. The fraction of sp³-hybridized carbons (Fsp3) is 0.227. The largest absolute Gasteiger partial charge is 0.338 e. The number of anilines is 2. The molecule has 29 heavy (non-hydrogen) atoms. The van der Waals surface area contributed by atoms with Gasteiger partial charge in [-0.05, 0) is 48.2 Å². The Balaban J connectivity index is 1.53. The highest BCUT2D eigenvalue weighted by Crippen LogP contribution is 2.59. The van der Waals surface area contributed by atoms with Crippen molar-refractivity contribution in [1.29, 1.82) is 0 Å². The Bertz CT molecular complexity index is 1170. The Morgan fingerprint density at radius 1 is 1.34 bits per heavy atom. The first-order valence-corrected chi connectivity index (χ1v) is 9.77. The van der Waals surface area contributed by atoms with Crippen LogP contribution in [0.3, 0.4) is 0 Å². The number of carbonyl (C=O) groups excluding carboxylic acids is 1. The number of halogens is 2. The summed E-state index contributed by atoms with van der Waals surface area (Å²) in [6.07, 6.45) is 3.87. The van der Waals surface area contributed by atoms with Crippen LogP contribution in [0.5, 0.6) is 0 Å². The van der Waals surface area contributed by atoms with Crippen LogP contribution in [0.4, 0.5) is 15.9 Å². The second-order valence-corrected chi connectivity index (χ2v) is 8.07. The number of aromatic nitrogens is 2. The number of hydrogen-bond donors (Lipinski definition) is 1. The van der Waals surface area contributed by atoms with Crippen molar-refractivity contribution in [2.24, 2.45) is 5.92 Å². The fourth-order valence-electron chi connectivity index (χ4n) is 4.42. The van der Waals surface area contributed by atoms with E-state index in [1.807, 2.05) is 11.0 Å². The molecule has 1 N–H and O–H groups in total. The van der Waals surface area contributed by atoms with Crippen LogP contribution in [0, 0.1) is 11.7 Å². The lowest BCUT2D eigenvalue weighted by atomic mass is 9.93. The number of fused-ring (bicyclic) bond motifs is 2. The normalized spacial score (nSPS) is 22.4. The van der Waals surface area contributed by atoms with Crippen LogP contribution in [0.1, 0.15) is 12.0 Å². The summed E-state index contributed by atoms with van der Waals surface area (Å²) in [5.74, 6) is 0.422. The number of amides is 1. The summed E-state index contributed by atoms with van der Waals surface area (Å²) >= 11 is 5.90. The monoisotopic (exact) mass is 408 g/mol. The van der Waals surface area contributed by atoms with Crippen LogP contribution in [-0.4, -0.2) is 33.9 Å². The van der Waals surface area contributed by atoms with E-state index in [0.717, 1.165) is 29.4 Å². The van der Waals surface area contributed by atoms with Gasteiger partial charge in [0.15, 0.2) is 5.82 Å². The molecule has 0 bridgehead atoms. The Morgan fingerprint density at radius 2 is 2.21 bits per heavy atom. The molecule has 2 fully saturated rings. The molecule has 0 radical (unpaired) electrons. The van der Waals surface area contributed by atoms with Crippen LogP contribution in [0.25, 0.3) is 10.9 Å². The SMILES string of the molecule is C=CC(=O)N1CC2C[C@]2(c2ccc3ncnc(Nc4cccc(Cl)c4F)c3c2)C1. The van der Waals surface area contributed by atoms with Crippen LogP contribution in [-0.2, 0) is 10.2 Å². The number of carbonyl (C=O) groups is 1. The van der Waals surface area contributed by atoms with Crippen LogP contribution in [0.15, 0.2) is 55.4 Å². The van der Waals surface area contributed by atoms with Crippen LogP contribution in [0.2, 0.25) is 5.02 Å².